The summed E-state index contributed by atoms with van der Waals surface area (Å²) in [6, 6.07) is 9.80. The molecule has 2 N–H and O–H groups in total. The molecule has 0 atom stereocenters. The molecule has 28 heavy (non-hydrogen) atoms. The van der Waals surface area contributed by atoms with E-state index in [9.17, 15) is 0 Å². The number of halogens is 1. The van der Waals surface area contributed by atoms with Crippen LogP contribution in [0.1, 0.15) is 38.1 Å². The van der Waals surface area contributed by atoms with Crippen LogP contribution in [0, 0.1) is 0 Å². The van der Waals surface area contributed by atoms with E-state index in [0.29, 0.717) is 30.8 Å². The number of guanidine groups is 1. The largest absolute Gasteiger partial charge is 0.444 e. The summed E-state index contributed by atoms with van der Waals surface area (Å²) >= 11 is 0. The van der Waals surface area contributed by atoms with Gasteiger partial charge in [-0.1, -0.05) is 39.0 Å². The molecule has 0 fully saturated rings. The van der Waals surface area contributed by atoms with Crippen LogP contribution in [0.25, 0.3) is 11.5 Å². The number of oxazole rings is 2. The van der Waals surface area contributed by atoms with Crippen molar-refractivity contribution in [2.75, 3.05) is 7.05 Å². The first-order chi connectivity index (χ1) is 13.0. The zero-order valence-electron chi connectivity index (χ0n) is 16.5. The lowest BCUT2D eigenvalue weighted by molar-refractivity contribution is 0.379. The lowest BCUT2D eigenvalue weighted by Crippen LogP contribution is -2.36. The van der Waals surface area contributed by atoms with Gasteiger partial charge in [-0.05, 0) is 12.1 Å². The number of hydrogen-bond donors (Lipinski definition) is 2. The number of nitrogens with zero attached hydrogens (tertiary/aromatic N) is 3. The highest BCUT2D eigenvalue weighted by molar-refractivity contribution is 14.0. The van der Waals surface area contributed by atoms with E-state index in [2.05, 4.69) is 46.4 Å². The van der Waals surface area contributed by atoms with Crippen LogP contribution in [0.2, 0.25) is 0 Å². The topological polar surface area (TPSA) is 88.5 Å². The van der Waals surface area contributed by atoms with Gasteiger partial charge in [0.1, 0.15) is 12.0 Å². The number of hydrogen-bond acceptors (Lipinski definition) is 5. The maximum Gasteiger partial charge on any atom is 0.226 e. The summed E-state index contributed by atoms with van der Waals surface area (Å²) in [6.07, 6.45) is 3.42. The lowest BCUT2D eigenvalue weighted by Gasteiger charge is -2.13. The number of aliphatic imine (C=N–C) groups is 1. The van der Waals surface area contributed by atoms with Gasteiger partial charge in [0.05, 0.1) is 25.0 Å². The Balaban J connectivity index is 0.00000280. The first kappa shape index (κ1) is 21.9. The van der Waals surface area contributed by atoms with Gasteiger partial charge in [-0.2, -0.15) is 0 Å². The molecule has 3 rings (SSSR count). The monoisotopic (exact) mass is 495 g/mol. The van der Waals surface area contributed by atoms with Crippen molar-refractivity contribution in [2.24, 2.45) is 4.99 Å². The Morgan fingerprint density at radius 1 is 1.11 bits per heavy atom. The van der Waals surface area contributed by atoms with E-state index < -0.39 is 0 Å². The predicted octanol–water partition coefficient (Wildman–Crippen LogP) is 4.11. The number of nitrogens with one attached hydrogen (secondary N) is 2. The molecule has 0 aliphatic rings. The molecule has 0 spiro atoms. The lowest BCUT2D eigenvalue weighted by atomic mass is 9.94. The van der Waals surface area contributed by atoms with Gasteiger partial charge in [-0.25, -0.2) is 9.97 Å². The van der Waals surface area contributed by atoms with E-state index in [4.69, 9.17) is 8.83 Å². The van der Waals surface area contributed by atoms with Crippen molar-refractivity contribution >= 4 is 29.9 Å². The van der Waals surface area contributed by atoms with Gasteiger partial charge in [-0.15, -0.1) is 24.0 Å². The third-order valence-electron chi connectivity index (χ3n) is 3.93. The summed E-state index contributed by atoms with van der Waals surface area (Å²) in [5, 5.41) is 6.39. The molecule has 2 heterocycles. The van der Waals surface area contributed by atoms with Crippen LogP contribution in [0.15, 0.2) is 56.6 Å². The van der Waals surface area contributed by atoms with E-state index in [0.717, 1.165) is 17.0 Å². The zero-order chi connectivity index (χ0) is 19.3. The first-order valence-electron chi connectivity index (χ1n) is 8.85. The molecule has 3 aromatic rings. The molecule has 0 saturated heterocycles. The Bertz CT molecular complexity index is 897. The summed E-state index contributed by atoms with van der Waals surface area (Å²) in [5.41, 5.74) is 1.68. The van der Waals surface area contributed by atoms with Crippen LogP contribution in [0.5, 0.6) is 0 Å². The maximum atomic E-state index is 5.77. The van der Waals surface area contributed by atoms with Crippen LogP contribution in [0.3, 0.4) is 0 Å². The minimum Gasteiger partial charge on any atom is -0.444 e. The molecule has 0 aliphatic carbocycles. The number of benzene rings is 1. The Morgan fingerprint density at radius 2 is 1.82 bits per heavy atom. The summed E-state index contributed by atoms with van der Waals surface area (Å²) in [7, 11) is 1.71. The Hall–Kier alpha value is -2.36. The second kappa shape index (κ2) is 9.72. The fraction of sp³-hybridized carbons (Fsp3) is 0.350. The minimum atomic E-state index is -0.0609. The quantitative estimate of drug-likeness (QED) is 0.315. The molecule has 0 unspecified atom stereocenters. The van der Waals surface area contributed by atoms with Crippen LogP contribution < -0.4 is 10.6 Å². The minimum absolute atomic E-state index is 0. The SMILES string of the molecule is CN=C(NCc1coc(-c2ccccc2)n1)NCc1ncc(C(C)(C)C)o1.I. The van der Waals surface area contributed by atoms with Crippen molar-refractivity contribution in [3.63, 3.8) is 0 Å². The molecule has 8 heteroatoms. The second-order valence-corrected chi connectivity index (χ2v) is 7.16. The average Bonchev–Trinajstić information content (AvgIpc) is 3.32. The van der Waals surface area contributed by atoms with E-state index in [1.165, 1.54) is 0 Å². The molecule has 0 saturated carbocycles. The summed E-state index contributed by atoms with van der Waals surface area (Å²) in [5.74, 6) is 2.72. The van der Waals surface area contributed by atoms with Crippen LogP contribution in [-0.4, -0.2) is 23.0 Å². The number of aromatic nitrogens is 2. The smallest absolute Gasteiger partial charge is 0.226 e. The second-order valence-electron chi connectivity index (χ2n) is 7.16. The van der Waals surface area contributed by atoms with Gasteiger partial charge in [0.15, 0.2) is 5.96 Å². The van der Waals surface area contributed by atoms with Crippen LogP contribution in [-0.2, 0) is 18.5 Å². The van der Waals surface area contributed by atoms with Crippen molar-refractivity contribution in [1.29, 1.82) is 0 Å². The predicted molar refractivity (Wildman–Crippen MR) is 120 cm³/mol. The normalized spacial score (nSPS) is 11.8. The molecular formula is C20H26IN5O2. The van der Waals surface area contributed by atoms with E-state index in [1.54, 1.807) is 19.5 Å². The summed E-state index contributed by atoms with van der Waals surface area (Å²) in [6.45, 7) is 7.21. The molecule has 0 bridgehead atoms. The first-order valence-corrected chi connectivity index (χ1v) is 8.85. The van der Waals surface area contributed by atoms with Crippen molar-refractivity contribution < 1.29 is 8.83 Å². The summed E-state index contributed by atoms with van der Waals surface area (Å²) in [4.78, 5) is 13.0. The van der Waals surface area contributed by atoms with Crippen molar-refractivity contribution in [2.45, 2.75) is 39.3 Å². The van der Waals surface area contributed by atoms with Crippen molar-refractivity contribution in [3.8, 4) is 11.5 Å². The Morgan fingerprint density at radius 3 is 2.46 bits per heavy atom. The van der Waals surface area contributed by atoms with Gasteiger partial charge in [-0.3, -0.25) is 4.99 Å². The third kappa shape index (κ3) is 5.82. The highest BCUT2D eigenvalue weighted by atomic mass is 127. The van der Waals surface area contributed by atoms with Crippen LogP contribution >= 0.6 is 24.0 Å². The van der Waals surface area contributed by atoms with E-state index in [1.807, 2.05) is 30.3 Å². The maximum absolute atomic E-state index is 5.77. The fourth-order valence-corrected chi connectivity index (χ4v) is 2.39. The summed E-state index contributed by atoms with van der Waals surface area (Å²) < 4.78 is 11.3. The highest BCUT2D eigenvalue weighted by Gasteiger charge is 2.19. The zero-order valence-corrected chi connectivity index (χ0v) is 18.9. The third-order valence-corrected chi connectivity index (χ3v) is 3.93. The van der Waals surface area contributed by atoms with Crippen molar-refractivity contribution in [3.05, 3.63) is 60.1 Å². The van der Waals surface area contributed by atoms with E-state index >= 15 is 0 Å². The standard InChI is InChI=1S/C20H25N5O2.HI/c1-20(2,3)16-11-22-17(27-16)12-24-19(21-4)23-10-15-13-26-18(25-15)14-8-6-5-7-9-14;/h5-9,11,13H,10,12H2,1-4H3,(H2,21,23,24);1H. The molecule has 2 aromatic heterocycles. The Kier molecular flexibility index (Phi) is 7.61. The van der Waals surface area contributed by atoms with Crippen molar-refractivity contribution in [1.82, 2.24) is 20.6 Å². The molecule has 0 aliphatic heterocycles. The molecule has 1 aromatic carbocycles. The molecule has 0 radical (unpaired) electrons. The van der Waals surface area contributed by atoms with Gasteiger partial charge < -0.3 is 19.5 Å². The van der Waals surface area contributed by atoms with E-state index in [-0.39, 0.29) is 29.4 Å². The average molecular weight is 495 g/mol. The molecule has 7 nitrogen and oxygen atoms in total. The molecule has 150 valence electrons. The van der Waals surface area contributed by atoms with Gasteiger partial charge in [0.2, 0.25) is 11.8 Å². The van der Waals surface area contributed by atoms with Gasteiger partial charge in [0, 0.05) is 18.0 Å². The van der Waals surface area contributed by atoms with Gasteiger partial charge in [0.25, 0.3) is 0 Å². The highest BCUT2D eigenvalue weighted by Crippen LogP contribution is 2.22. The fourth-order valence-electron chi connectivity index (χ4n) is 2.39. The van der Waals surface area contributed by atoms with Crippen LogP contribution in [0.4, 0.5) is 0 Å². The number of rotatable bonds is 5. The van der Waals surface area contributed by atoms with Gasteiger partial charge >= 0.3 is 0 Å². The molecular weight excluding hydrogens is 469 g/mol. The Labute approximate surface area is 182 Å². The molecule has 0 amide bonds.